The van der Waals surface area contributed by atoms with Crippen LogP contribution in [0.3, 0.4) is 0 Å². The lowest BCUT2D eigenvalue weighted by Gasteiger charge is -2.28. The highest BCUT2D eigenvalue weighted by molar-refractivity contribution is 6.03. The fourth-order valence-corrected chi connectivity index (χ4v) is 3.54. The number of hydrogen-bond donors (Lipinski definition) is 1. The number of fused-ring (bicyclic) bond motifs is 2. The zero-order valence-corrected chi connectivity index (χ0v) is 17.0. The Bertz CT molecular complexity index is 1180. The summed E-state index contributed by atoms with van der Waals surface area (Å²) in [4.78, 5) is 18.5. The van der Waals surface area contributed by atoms with Crippen LogP contribution in [0, 0.1) is 0 Å². The Morgan fingerprint density at radius 3 is 2.53 bits per heavy atom. The second-order valence-corrected chi connectivity index (χ2v) is 6.74. The Hall–Kier alpha value is -3.80. The molecule has 0 saturated heterocycles. The van der Waals surface area contributed by atoms with Gasteiger partial charge in [-0.15, -0.1) is 0 Å². The number of pyridine rings is 1. The van der Waals surface area contributed by atoms with E-state index >= 15 is 0 Å². The fraction of sp³-hybridized carbons (Fsp3) is 0.167. The van der Waals surface area contributed by atoms with Gasteiger partial charge in [-0.1, -0.05) is 36.4 Å². The van der Waals surface area contributed by atoms with Crippen molar-refractivity contribution in [2.75, 3.05) is 32.2 Å². The highest BCUT2D eigenvalue weighted by atomic mass is 16.5. The van der Waals surface area contributed by atoms with Crippen molar-refractivity contribution < 1.29 is 14.3 Å². The molecule has 1 aromatic heterocycles. The first-order valence-electron chi connectivity index (χ1n) is 9.75. The largest absolute Gasteiger partial charge is 0.495 e. The van der Waals surface area contributed by atoms with Crippen LogP contribution in [0.1, 0.15) is 0 Å². The van der Waals surface area contributed by atoms with Gasteiger partial charge in [0, 0.05) is 23.5 Å². The molecule has 0 aliphatic heterocycles. The van der Waals surface area contributed by atoms with Gasteiger partial charge < -0.3 is 19.7 Å². The number of rotatable bonds is 6. The van der Waals surface area contributed by atoms with E-state index in [0.29, 0.717) is 6.54 Å². The molecular formula is C24H23N3O3. The number of anilines is 2. The Kier molecular flexibility index (Phi) is 5.66. The molecule has 0 spiro atoms. The molecule has 0 fully saturated rings. The molecule has 0 bridgehead atoms. The Labute approximate surface area is 175 Å². The van der Waals surface area contributed by atoms with E-state index in [1.165, 1.54) is 0 Å². The average Bonchev–Trinajstić information content (AvgIpc) is 2.80. The molecule has 152 valence electrons. The molecule has 0 radical (unpaired) electrons. The van der Waals surface area contributed by atoms with E-state index in [-0.39, 0.29) is 6.61 Å². The van der Waals surface area contributed by atoms with Crippen LogP contribution in [-0.2, 0) is 4.74 Å². The molecular weight excluding hydrogens is 378 g/mol. The van der Waals surface area contributed by atoms with Gasteiger partial charge in [0.2, 0.25) is 0 Å². The Morgan fingerprint density at radius 1 is 1.00 bits per heavy atom. The summed E-state index contributed by atoms with van der Waals surface area (Å²) >= 11 is 0. The molecule has 0 aliphatic carbocycles. The van der Waals surface area contributed by atoms with Crippen LogP contribution in [0.15, 0.2) is 72.8 Å². The first kappa shape index (κ1) is 19.5. The van der Waals surface area contributed by atoms with Crippen molar-refractivity contribution in [1.82, 2.24) is 10.3 Å². The highest BCUT2D eigenvalue weighted by Crippen LogP contribution is 2.40. The summed E-state index contributed by atoms with van der Waals surface area (Å²) in [5, 5.41) is 4.50. The predicted molar refractivity (Wildman–Crippen MR) is 120 cm³/mol. The summed E-state index contributed by atoms with van der Waals surface area (Å²) in [7, 11) is 3.20. The van der Waals surface area contributed by atoms with Crippen molar-refractivity contribution in [2.24, 2.45) is 0 Å². The normalized spacial score (nSPS) is 10.7. The molecule has 3 aromatic carbocycles. The lowest BCUT2D eigenvalue weighted by molar-refractivity contribution is 0.152. The third-order valence-corrected chi connectivity index (χ3v) is 4.94. The van der Waals surface area contributed by atoms with Crippen LogP contribution in [0.5, 0.6) is 5.75 Å². The van der Waals surface area contributed by atoms with Crippen LogP contribution in [0.4, 0.5) is 16.2 Å². The third kappa shape index (κ3) is 3.85. The Morgan fingerprint density at radius 2 is 1.77 bits per heavy atom. The van der Waals surface area contributed by atoms with Crippen molar-refractivity contribution >= 4 is 39.3 Å². The third-order valence-electron chi connectivity index (χ3n) is 4.94. The van der Waals surface area contributed by atoms with Gasteiger partial charge in [-0.25, -0.2) is 9.78 Å². The molecule has 0 unspecified atom stereocenters. The fourth-order valence-electron chi connectivity index (χ4n) is 3.54. The number of alkyl carbamates (subject to hydrolysis) is 1. The molecule has 0 saturated carbocycles. The second-order valence-electron chi connectivity index (χ2n) is 6.74. The van der Waals surface area contributed by atoms with Crippen molar-refractivity contribution in [3.63, 3.8) is 0 Å². The topological polar surface area (TPSA) is 63.7 Å². The smallest absolute Gasteiger partial charge is 0.406 e. The van der Waals surface area contributed by atoms with Crippen LogP contribution in [0.25, 0.3) is 21.8 Å². The lowest BCUT2D eigenvalue weighted by atomic mass is 10.1. The van der Waals surface area contributed by atoms with E-state index in [4.69, 9.17) is 14.5 Å². The zero-order valence-electron chi connectivity index (χ0n) is 17.0. The van der Waals surface area contributed by atoms with E-state index < -0.39 is 6.09 Å². The quantitative estimate of drug-likeness (QED) is 0.466. The minimum Gasteiger partial charge on any atom is -0.495 e. The maximum absolute atomic E-state index is 11.6. The van der Waals surface area contributed by atoms with Gasteiger partial charge in [-0.3, -0.25) is 0 Å². The van der Waals surface area contributed by atoms with Crippen molar-refractivity contribution in [3.05, 3.63) is 72.8 Å². The standard InChI is InChI=1S/C24H23N3O3/c1-25-24(28)30-15-14-27(18-9-4-3-5-10-18)23-19-16-17-8-6-7-11-20(17)26-21(19)12-13-22(23)29-2/h3-13,16H,14-15H2,1-2H3,(H,25,28). The van der Waals surface area contributed by atoms with Crippen molar-refractivity contribution in [2.45, 2.75) is 0 Å². The number of hydrogen-bond acceptors (Lipinski definition) is 5. The van der Waals surface area contributed by atoms with Gasteiger partial charge >= 0.3 is 6.09 Å². The number of ether oxygens (including phenoxy) is 2. The monoisotopic (exact) mass is 401 g/mol. The second kappa shape index (κ2) is 8.69. The van der Waals surface area contributed by atoms with Gasteiger partial charge in [0.1, 0.15) is 12.4 Å². The predicted octanol–water partition coefficient (Wildman–Crippen LogP) is 4.89. The molecule has 6 nitrogen and oxygen atoms in total. The maximum atomic E-state index is 11.6. The summed E-state index contributed by atoms with van der Waals surface area (Å²) in [6.45, 7) is 0.675. The van der Waals surface area contributed by atoms with Gasteiger partial charge in [0.25, 0.3) is 0 Å². The van der Waals surface area contributed by atoms with Crippen LogP contribution < -0.4 is 15.0 Å². The molecule has 0 atom stereocenters. The molecule has 0 aliphatic rings. The molecule has 4 rings (SSSR count). The molecule has 4 aromatic rings. The van der Waals surface area contributed by atoms with Gasteiger partial charge in [-0.05, 0) is 36.4 Å². The van der Waals surface area contributed by atoms with E-state index in [9.17, 15) is 4.79 Å². The zero-order chi connectivity index (χ0) is 20.9. The van der Waals surface area contributed by atoms with E-state index in [1.807, 2.05) is 66.7 Å². The van der Waals surface area contributed by atoms with E-state index in [0.717, 1.165) is 38.9 Å². The van der Waals surface area contributed by atoms with Gasteiger partial charge in [-0.2, -0.15) is 0 Å². The van der Waals surface area contributed by atoms with Crippen molar-refractivity contribution in [3.8, 4) is 5.75 Å². The summed E-state index contributed by atoms with van der Waals surface area (Å²) in [6.07, 6.45) is -0.458. The number of carbonyl (C=O) groups is 1. The first-order valence-corrected chi connectivity index (χ1v) is 9.75. The minimum atomic E-state index is -0.458. The summed E-state index contributed by atoms with van der Waals surface area (Å²) < 4.78 is 11.0. The molecule has 1 N–H and O–H groups in total. The number of methoxy groups -OCH3 is 1. The lowest BCUT2D eigenvalue weighted by Crippen LogP contribution is -2.27. The van der Waals surface area contributed by atoms with Gasteiger partial charge in [0.15, 0.2) is 0 Å². The average molecular weight is 401 g/mol. The number of carbonyl (C=O) groups excluding carboxylic acids is 1. The van der Waals surface area contributed by atoms with E-state index in [1.54, 1.807) is 14.2 Å². The number of para-hydroxylation sites is 2. The van der Waals surface area contributed by atoms with Crippen LogP contribution >= 0.6 is 0 Å². The number of aromatic nitrogens is 1. The number of benzene rings is 3. The molecule has 30 heavy (non-hydrogen) atoms. The van der Waals surface area contributed by atoms with Crippen molar-refractivity contribution in [1.29, 1.82) is 0 Å². The van der Waals surface area contributed by atoms with Crippen LogP contribution in [-0.4, -0.2) is 38.4 Å². The minimum absolute atomic E-state index is 0.217. The van der Waals surface area contributed by atoms with E-state index in [2.05, 4.69) is 16.3 Å². The summed E-state index contributed by atoms with van der Waals surface area (Å²) in [6, 6.07) is 24.0. The molecule has 1 amide bonds. The van der Waals surface area contributed by atoms with Gasteiger partial charge in [0.05, 0.1) is 30.4 Å². The number of nitrogens with zero attached hydrogens (tertiary/aromatic N) is 2. The summed E-state index contributed by atoms with van der Waals surface area (Å²) in [5.74, 6) is 0.725. The SMILES string of the molecule is CNC(=O)OCCN(c1ccccc1)c1c(OC)ccc2nc3ccccc3cc12. The number of nitrogens with one attached hydrogen (secondary N) is 1. The summed E-state index contributed by atoms with van der Waals surface area (Å²) in [5.41, 5.74) is 3.67. The Balaban J connectivity index is 1.88. The number of amides is 1. The first-order chi connectivity index (χ1) is 14.7. The molecule has 6 heteroatoms. The maximum Gasteiger partial charge on any atom is 0.406 e. The van der Waals surface area contributed by atoms with Crippen LogP contribution in [0.2, 0.25) is 0 Å². The molecule has 1 heterocycles. The highest BCUT2D eigenvalue weighted by Gasteiger charge is 2.19.